The van der Waals surface area contributed by atoms with E-state index in [1.54, 1.807) is 5.57 Å². The summed E-state index contributed by atoms with van der Waals surface area (Å²) in [6, 6.07) is 17.8. The summed E-state index contributed by atoms with van der Waals surface area (Å²) in [6.07, 6.45) is 17.9. The number of fused-ring (bicyclic) bond motifs is 1. The lowest BCUT2D eigenvalue weighted by Crippen LogP contribution is -2.23. The van der Waals surface area contributed by atoms with Gasteiger partial charge in [-0.1, -0.05) is 106 Å². The molecule has 0 N–H and O–H groups in total. The van der Waals surface area contributed by atoms with Crippen molar-refractivity contribution in [1.82, 2.24) is 0 Å². The Kier molecular flexibility index (Phi) is 5.81. The molecule has 2 aromatic rings. The molecule has 0 amide bonds. The van der Waals surface area contributed by atoms with Crippen LogP contribution < -0.4 is 0 Å². The Hall–Kier alpha value is -1.82. The van der Waals surface area contributed by atoms with Crippen molar-refractivity contribution in [3.63, 3.8) is 0 Å². The third-order valence-corrected chi connectivity index (χ3v) is 6.84. The minimum Gasteiger partial charge on any atom is -0.0654 e. The summed E-state index contributed by atoms with van der Waals surface area (Å²) in [5.74, 6) is 0. The van der Waals surface area contributed by atoms with Gasteiger partial charge in [-0.05, 0) is 59.8 Å². The lowest BCUT2D eigenvalue weighted by molar-refractivity contribution is 0.187. The lowest BCUT2D eigenvalue weighted by Gasteiger charge is -2.36. The highest BCUT2D eigenvalue weighted by molar-refractivity contribution is 5.80. The number of hydrogen-bond acceptors (Lipinski definition) is 0. The van der Waals surface area contributed by atoms with Crippen LogP contribution in [0.3, 0.4) is 0 Å². The quantitative estimate of drug-likeness (QED) is 0.505. The van der Waals surface area contributed by atoms with Crippen LogP contribution in [0.5, 0.6) is 0 Å². The fourth-order valence-electron chi connectivity index (χ4n) is 5.60. The molecule has 2 aliphatic carbocycles. The molecule has 0 aliphatic heterocycles. The van der Waals surface area contributed by atoms with Crippen molar-refractivity contribution in [1.29, 1.82) is 0 Å². The standard InChI is InChI=1S/C27H34/c1-2-16-27(17-9-4-3-5-10-18-27)21-22-19-24-14-11-15-25(26(24)20-22)23-12-7-6-8-13-23/h6-8,11-15,20H,2-5,9-10,16-19,21H2,1H3. The van der Waals surface area contributed by atoms with Gasteiger partial charge in [0.15, 0.2) is 0 Å². The van der Waals surface area contributed by atoms with Gasteiger partial charge in [-0.3, -0.25) is 0 Å². The Balaban J connectivity index is 1.60. The van der Waals surface area contributed by atoms with Gasteiger partial charge in [-0.2, -0.15) is 0 Å². The van der Waals surface area contributed by atoms with Gasteiger partial charge in [0.25, 0.3) is 0 Å². The number of benzene rings is 2. The van der Waals surface area contributed by atoms with Crippen molar-refractivity contribution in [3.8, 4) is 11.1 Å². The first-order chi connectivity index (χ1) is 13.3. The van der Waals surface area contributed by atoms with E-state index in [9.17, 15) is 0 Å². The molecule has 0 atom stereocenters. The third kappa shape index (κ3) is 4.21. The van der Waals surface area contributed by atoms with Gasteiger partial charge in [0.2, 0.25) is 0 Å². The summed E-state index contributed by atoms with van der Waals surface area (Å²) in [4.78, 5) is 0. The molecular weight excluding hydrogens is 324 g/mol. The molecule has 2 aliphatic rings. The minimum atomic E-state index is 0.565. The first-order valence-corrected chi connectivity index (χ1v) is 11.2. The van der Waals surface area contributed by atoms with Crippen LogP contribution in [0.2, 0.25) is 0 Å². The lowest BCUT2D eigenvalue weighted by atomic mass is 9.69. The molecule has 0 nitrogen and oxygen atoms in total. The zero-order valence-corrected chi connectivity index (χ0v) is 17.0. The summed E-state index contributed by atoms with van der Waals surface area (Å²) >= 11 is 0. The molecule has 1 saturated carbocycles. The summed E-state index contributed by atoms with van der Waals surface area (Å²) < 4.78 is 0. The van der Waals surface area contributed by atoms with E-state index >= 15 is 0 Å². The Labute approximate surface area is 165 Å². The van der Waals surface area contributed by atoms with E-state index in [4.69, 9.17) is 0 Å². The molecule has 4 rings (SSSR count). The molecule has 1 fully saturated rings. The topological polar surface area (TPSA) is 0 Å². The molecule has 2 aromatic carbocycles. The number of hydrogen-bond donors (Lipinski definition) is 0. The highest BCUT2D eigenvalue weighted by Crippen LogP contribution is 2.46. The zero-order chi connectivity index (χ0) is 18.5. The molecule has 0 saturated heterocycles. The molecule has 27 heavy (non-hydrogen) atoms. The van der Waals surface area contributed by atoms with Crippen molar-refractivity contribution >= 4 is 6.08 Å². The maximum absolute atomic E-state index is 2.55. The molecule has 142 valence electrons. The van der Waals surface area contributed by atoms with E-state index in [0.717, 1.165) is 0 Å². The molecule has 0 bridgehead atoms. The average Bonchev–Trinajstić information content (AvgIpc) is 3.08. The summed E-state index contributed by atoms with van der Waals surface area (Å²) in [5, 5.41) is 0. The van der Waals surface area contributed by atoms with Crippen LogP contribution in [0.1, 0.15) is 82.3 Å². The number of rotatable bonds is 5. The molecule has 0 heteroatoms. The van der Waals surface area contributed by atoms with Crippen LogP contribution in [0.4, 0.5) is 0 Å². The Morgan fingerprint density at radius 1 is 0.815 bits per heavy atom. The van der Waals surface area contributed by atoms with E-state index in [2.05, 4.69) is 61.5 Å². The van der Waals surface area contributed by atoms with Gasteiger partial charge in [-0.15, -0.1) is 0 Å². The van der Waals surface area contributed by atoms with E-state index in [1.165, 1.54) is 92.9 Å². The second kappa shape index (κ2) is 8.46. The van der Waals surface area contributed by atoms with Crippen LogP contribution >= 0.6 is 0 Å². The highest BCUT2D eigenvalue weighted by Gasteiger charge is 2.31. The normalized spacial score (nSPS) is 19.1. The Morgan fingerprint density at radius 2 is 1.56 bits per heavy atom. The predicted octanol–water partition coefficient (Wildman–Crippen LogP) is 8.21. The molecule has 0 heterocycles. The smallest absolute Gasteiger partial charge is 0.00574 e. The van der Waals surface area contributed by atoms with Gasteiger partial charge in [0, 0.05) is 0 Å². The monoisotopic (exact) mass is 358 g/mol. The molecule has 0 aromatic heterocycles. The van der Waals surface area contributed by atoms with E-state index < -0.39 is 0 Å². The maximum Gasteiger partial charge on any atom is -0.00574 e. The predicted molar refractivity (Wildman–Crippen MR) is 118 cm³/mol. The second-order valence-electron chi connectivity index (χ2n) is 8.92. The van der Waals surface area contributed by atoms with Gasteiger partial charge >= 0.3 is 0 Å². The Morgan fingerprint density at radius 3 is 2.30 bits per heavy atom. The van der Waals surface area contributed by atoms with Crippen LogP contribution in [0, 0.1) is 5.41 Å². The number of allylic oxidation sites excluding steroid dienone is 1. The van der Waals surface area contributed by atoms with Gasteiger partial charge in [-0.25, -0.2) is 0 Å². The van der Waals surface area contributed by atoms with Gasteiger partial charge in [0.05, 0.1) is 0 Å². The van der Waals surface area contributed by atoms with Crippen LogP contribution in [-0.2, 0) is 6.42 Å². The van der Waals surface area contributed by atoms with E-state index in [1.807, 2.05) is 0 Å². The molecular formula is C27H34. The fourth-order valence-corrected chi connectivity index (χ4v) is 5.60. The fraction of sp³-hybridized carbons (Fsp3) is 0.481. The van der Waals surface area contributed by atoms with E-state index in [-0.39, 0.29) is 0 Å². The summed E-state index contributed by atoms with van der Waals surface area (Å²) in [5.41, 5.74) is 8.02. The molecule has 0 radical (unpaired) electrons. The van der Waals surface area contributed by atoms with Crippen molar-refractivity contribution in [2.75, 3.05) is 0 Å². The highest BCUT2D eigenvalue weighted by atomic mass is 14.4. The SMILES string of the molecule is CCCC1(CC2=Cc3c(cccc3-c3ccccc3)C2)CCCCCCC1. The van der Waals surface area contributed by atoms with Crippen molar-refractivity contribution in [2.24, 2.45) is 5.41 Å². The zero-order valence-electron chi connectivity index (χ0n) is 17.0. The van der Waals surface area contributed by atoms with Crippen LogP contribution in [-0.4, -0.2) is 0 Å². The third-order valence-electron chi connectivity index (χ3n) is 6.84. The van der Waals surface area contributed by atoms with E-state index in [0.29, 0.717) is 5.41 Å². The Bertz CT molecular complexity index is 773. The average molecular weight is 359 g/mol. The minimum absolute atomic E-state index is 0.565. The first-order valence-electron chi connectivity index (χ1n) is 11.2. The molecule has 0 unspecified atom stereocenters. The van der Waals surface area contributed by atoms with Gasteiger partial charge in [0.1, 0.15) is 0 Å². The largest absolute Gasteiger partial charge is 0.0654 e. The van der Waals surface area contributed by atoms with Crippen molar-refractivity contribution in [3.05, 3.63) is 65.2 Å². The van der Waals surface area contributed by atoms with Gasteiger partial charge < -0.3 is 0 Å². The van der Waals surface area contributed by atoms with Crippen LogP contribution in [0.15, 0.2) is 54.1 Å². The van der Waals surface area contributed by atoms with Crippen molar-refractivity contribution < 1.29 is 0 Å². The maximum atomic E-state index is 2.55. The molecule has 0 spiro atoms. The van der Waals surface area contributed by atoms with Crippen LogP contribution in [0.25, 0.3) is 17.2 Å². The first kappa shape index (κ1) is 18.5. The summed E-state index contributed by atoms with van der Waals surface area (Å²) in [7, 11) is 0. The second-order valence-corrected chi connectivity index (χ2v) is 8.92. The van der Waals surface area contributed by atoms with Crippen molar-refractivity contribution in [2.45, 2.75) is 77.6 Å². The summed E-state index contributed by atoms with van der Waals surface area (Å²) in [6.45, 7) is 2.38.